The van der Waals surface area contributed by atoms with E-state index in [0.29, 0.717) is 0 Å². The molecule has 1 aromatic heterocycles. The summed E-state index contributed by atoms with van der Waals surface area (Å²) in [5.41, 5.74) is 0. The Labute approximate surface area is 71.3 Å². The van der Waals surface area contributed by atoms with Crippen molar-refractivity contribution in [3.8, 4) is 0 Å². The third kappa shape index (κ3) is 1.77. The first kappa shape index (κ1) is 9.50. The van der Waals surface area contributed by atoms with Crippen LogP contribution in [0.25, 0.3) is 0 Å². The van der Waals surface area contributed by atoms with E-state index in [2.05, 4.69) is 4.94 Å². The van der Waals surface area contributed by atoms with Crippen molar-refractivity contribution >= 4 is 5.97 Å². The highest BCUT2D eigenvalue weighted by Gasteiger charge is 2.53. The van der Waals surface area contributed by atoms with E-state index in [-0.39, 0.29) is 4.57 Å². The summed E-state index contributed by atoms with van der Waals surface area (Å²) in [6, 6.07) is 0.0161. The van der Waals surface area contributed by atoms with Gasteiger partial charge in [-0.2, -0.15) is 0 Å². The Bertz CT molecular complexity index is 302. The van der Waals surface area contributed by atoms with Gasteiger partial charge in [0.05, 0.1) is 0 Å². The molecular weight excluding hydrogens is 187 g/mol. The molecule has 3 nitrogen and oxygen atoms in total. The van der Waals surface area contributed by atoms with Crippen LogP contribution >= 0.6 is 0 Å². The quantitative estimate of drug-likeness (QED) is 0.653. The van der Waals surface area contributed by atoms with Crippen molar-refractivity contribution in [1.82, 2.24) is 0 Å². The predicted octanol–water partition coefficient (Wildman–Crippen LogP) is 0.951. The minimum atomic E-state index is -4.02. The second-order valence-electron chi connectivity index (χ2n) is 2.19. The zero-order valence-corrected chi connectivity index (χ0v) is 6.28. The van der Waals surface area contributed by atoms with Gasteiger partial charge in [0.25, 0.3) is 0 Å². The molecule has 0 bridgehead atoms. The van der Waals surface area contributed by atoms with E-state index >= 15 is 0 Å². The second kappa shape index (κ2) is 3.42. The lowest BCUT2D eigenvalue weighted by Gasteiger charge is -2.03. The maximum atomic E-state index is 12.8. The van der Waals surface area contributed by atoms with Crippen LogP contribution in [0.4, 0.5) is 13.3 Å². The largest absolute Gasteiger partial charge is 0.568 e. The SMILES string of the molecule is O=C(OF)C(F)(F)[n+]1ccccc1. The van der Waals surface area contributed by atoms with Gasteiger partial charge in [0.1, 0.15) is 0 Å². The standard InChI is InChI=1S/C7H5F3NO2/c8-7(9,6(12)13-10)11-4-2-1-3-5-11/h1-5H/q+1. The Balaban J connectivity index is 3.00. The second-order valence-corrected chi connectivity index (χ2v) is 2.19. The van der Waals surface area contributed by atoms with Gasteiger partial charge in [-0.05, 0) is 0 Å². The number of aromatic nitrogens is 1. The number of alkyl halides is 2. The first-order chi connectivity index (χ1) is 6.09. The summed E-state index contributed by atoms with van der Waals surface area (Å²) in [5.74, 6) is -2.25. The summed E-state index contributed by atoms with van der Waals surface area (Å²) in [4.78, 5) is 12.7. The van der Waals surface area contributed by atoms with Crippen LogP contribution < -0.4 is 4.57 Å². The number of carbonyl (C=O) groups excluding carboxylic acids is 1. The number of hydrogen-bond acceptors (Lipinski definition) is 2. The molecule has 0 saturated carbocycles. The molecule has 70 valence electrons. The minimum Gasteiger partial charge on any atom is -0.239 e. The molecule has 0 aromatic carbocycles. The number of pyridine rings is 1. The van der Waals surface area contributed by atoms with E-state index in [4.69, 9.17) is 0 Å². The van der Waals surface area contributed by atoms with Crippen molar-refractivity contribution in [3.05, 3.63) is 30.6 Å². The molecule has 13 heavy (non-hydrogen) atoms. The van der Waals surface area contributed by atoms with Gasteiger partial charge in [0.15, 0.2) is 12.4 Å². The first-order valence-corrected chi connectivity index (χ1v) is 3.26. The molecule has 0 aliphatic heterocycles. The fourth-order valence-corrected chi connectivity index (χ4v) is 0.738. The highest BCUT2D eigenvalue weighted by Crippen LogP contribution is 2.14. The van der Waals surface area contributed by atoms with Gasteiger partial charge in [0.2, 0.25) is 0 Å². The average molecular weight is 192 g/mol. The summed E-state index contributed by atoms with van der Waals surface area (Å²) < 4.78 is 37.1. The number of hydrogen-bond donors (Lipinski definition) is 0. The molecule has 0 atom stereocenters. The molecule has 0 N–H and O–H groups in total. The van der Waals surface area contributed by atoms with Gasteiger partial charge < -0.3 is 0 Å². The zero-order chi connectivity index (χ0) is 9.90. The number of carbonyl (C=O) groups is 1. The Morgan fingerprint density at radius 1 is 1.23 bits per heavy atom. The Morgan fingerprint density at radius 2 is 1.77 bits per heavy atom. The molecule has 0 spiro atoms. The van der Waals surface area contributed by atoms with Crippen LogP contribution in [0.15, 0.2) is 30.6 Å². The van der Waals surface area contributed by atoms with E-state index in [1.807, 2.05) is 0 Å². The lowest BCUT2D eigenvalue weighted by Crippen LogP contribution is -2.54. The van der Waals surface area contributed by atoms with Crippen molar-refractivity contribution in [1.29, 1.82) is 0 Å². The molecule has 0 amide bonds. The third-order valence-electron chi connectivity index (χ3n) is 1.36. The van der Waals surface area contributed by atoms with Crippen molar-refractivity contribution in [2.24, 2.45) is 0 Å². The van der Waals surface area contributed by atoms with Crippen LogP contribution in [-0.2, 0) is 15.8 Å². The van der Waals surface area contributed by atoms with E-state index < -0.39 is 12.0 Å². The monoisotopic (exact) mass is 192 g/mol. The fraction of sp³-hybridized carbons (Fsp3) is 0.143. The molecule has 0 aliphatic rings. The number of rotatable bonds is 2. The summed E-state index contributed by atoms with van der Waals surface area (Å²) in [6.45, 7) is 0. The summed E-state index contributed by atoms with van der Waals surface area (Å²) in [5, 5.41) is 0. The first-order valence-electron chi connectivity index (χ1n) is 3.26. The predicted molar refractivity (Wildman–Crippen MR) is 34.0 cm³/mol. The van der Waals surface area contributed by atoms with Crippen LogP contribution in [0.1, 0.15) is 0 Å². The lowest BCUT2D eigenvalue weighted by atomic mass is 10.4. The third-order valence-corrected chi connectivity index (χ3v) is 1.36. The normalized spacial score (nSPS) is 11.0. The Morgan fingerprint density at radius 3 is 2.23 bits per heavy atom. The molecule has 0 radical (unpaired) electrons. The topological polar surface area (TPSA) is 30.2 Å². The van der Waals surface area contributed by atoms with Crippen molar-refractivity contribution in [2.45, 2.75) is 6.05 Å². The summed E-state index contributed by atoms with van der Waals surface area (Å²) in [6.07, 6.45) is 1.86. The number of nitrogens with zero attached hydrogens (tertiary/aromatic N) is 1. The highest BCUT2D eigenvalue weighted by molar-refractivity contribution is 5.72. The maximum Gasteiger partial charge on any atom is 0.568 e. The highest BCUT2D eigenvalue weighted by atomic mass is 19.3. The Kier molecular flexibility index (Phi) is 2.50. The van der Waals surface area contributed by atoms with Gasteiger partial charge in [-0.1, -0.05) is 6.07 Å². The molecule has 1 aromatic rings. The minimum absolute atomic E-state index is 0.245. The Hall–Kier alpha value is -1.59. The molecule has 0 unspecified atom stereocenters. The van der Waals surface area contributed by atoms with Crippen LogP contribution in [0.3, 0.4) is 0 Å². The van der Waals surface area contributed by atoms with Crippen molar-refractivity contribution < 1.29 is 27.6 Å². The molecule has 1 rings (SSSR count). The molecule has 6 heteroatoms. The fourth-order valence-electron chi connectivity index (χ4n) is 0.738. The van der Waals surface area contributed by atoms with Crippen molar-refractivity contribution in [3.63, 3.8) is 0 Å². The molecule has 0 fully saturated rings. The van der Waals surface area contributed by atoms with Crippen molar-refractivity contribution in [2.75, 3.05) is 0 Å². The van der Waals surface area contributed by atoms with Gasteiger partial charge in [0, 0.05) is 16.7 Å². The van der Waals surface area contributed by atoms with E-state index in [1.54, 1.807) is 0 Å². The molecular formula is C7H5F3NO2+. The van der Waals surface area contributed by atoms with Crippen LogP contribution in [-0.4, -0.2) is 5.97 Å². The van der Waals surface area contributed by atoms with Crippen LogP contribution in [0.2, 0.25) is 0 Å². The van der Waals surface area contributed by atoms with Crippen LogP contribution in [0.5, 0.6) is 0 Å². The van der Waals surface area contributed by atoms with Gasteiger partial charge >= 0.3 is 12.0 Å². The molecule has 0 saturated heterocycles. The van der Waals surface area contributed by atoms with E-state index in [0.717, 1.165) is 12.4 Å². The smallest absolute Gasteiger partial charge is 0.239 e. The molecule has 1 heterocycles. The van der Waals surface area contributed by atoms with Gasteiger partial charge in [-0.15, -0.1) is 13.3 Å². The summed E-state index contributed by atoms with van der Waals surface area (Å²) >= 11 is 0. The van der Waals surface area contributed by atoms with E-state index in [1.165, 1.54) is 18.2 Å². The average Bonchev–Trinajstić information content (AvgIpc) is 2.18. The number of halogens is 3. The van der Waals surface area contributed by atoms with Gasteiger partial charge in [-0.25, -0.2) is 9.74 Å². The van der Waals surface area contributed by atoms with E-state index in [9.17, 15) is 18.1 Å². The molecule has 0 aliphatic carbocycles. The van der Waals surface area contributed by atoms with Gasteiger partial charge in [-0.3, -0.25) is 0 Å². The van der Waals surface area contributed by atoms with Crippen LogP contribution in [0, 0.1) is 0 Å². The zero-order valence-electron chi connectivity index (χ0n) is 6.28. The maximum absolute atomic E-state index is 12.8. The lowest BCUT2D eigenvalue weighted by molar-refractivity contribution is -0.806. The summed E-state index contributed by atoms with van der Waals surface area (Å²) in [7, 11) is 0.